The normalized spacial score (nSPS) is 18.9. The maximum absolute atomic E-state index is 12.0. The van der Waals surface area contributed by atoms with Crippen LogP contribution in [0.4, 0.5) is 5.69 Å². The van der Waals surface area contributed by atoms with Crippen LogP contribution in [0, 0.1) is 0 Å². The molecule has 1 atom stereocenters. The number of anilines is 1. The second-order valence-corrected chi connectivity index (χ2v) is 4.57. The average Bonchev–Trinajstić information content (AvgIpc) is 2.47. The molecule has 1 aromatic rings. The van der Waals surface area contributed by atoms with Crippen molar-refractivity contribution in [1.29, 1.82) is 0 Å². The molecule has 1 saturated heterocycles. The van der Waals surface area contributed by atoms with Gasteiger partial charge < -0.3 is 20.7 Å². The van der Waals surface area contributed by atoms with Gasteiger partial charge in [0.1, 0.15) is 5.75 Å². The third-order valence-corrected chi connectivity index (χ3v) is 2.95. The van der Waals surface area contributed by atoms with Gasteiger partial charge >= 0.3 is 0 Å². The van der Waals surface area contributed by atoms with E-state index in [4.69, 9.17) is 4.74 Å². The number of rotatable bonds is 5. The fraction of sp³-hybridized carbons (Fsp3) is 0.500. The van der Waals surface area contributed by atoms with Crippen LogP contribution in [0.3, 0.4) is 0 Å². The van der Waals surface area contributed by atoms with E-state index in [9.17, 15) is 4.79 Å². The number of benzene rings is 1. The van der Waals surface area contributed by atoms with E-state index in [1.807, 2.05) is 24.3 Å². The van der Waals surface area contributed by atoms with Crippen LogP contribution < -0.4 is 20.7 Å². The maximum atomic E-state index is 12.0. The van der Waals surface area contributed by atoms with Crippen molar-refractivity contribution in [3.8, 4) is 5.75 Å². The first-order valence-electron chi connectivity index (χ1n) is 6.77. The van der Waals surface area contributed by atoms with Crippen LogP contribution in [0.15, 0.2) is 24.3 Å². The molecule has 1 aliphatic heterocycles. The molecular formula is C14H21N3O2. The molecule has 3 N–H and O–H groups in total. The number of ether oxygens (including phenoxy) is 1. The minimum absolute atomic E-state index is 0.00516. The standard InChI is InChI=1S/C14H21N3O2/c1-2-9-19-12-5-3-11(4-6-12)17-14(18)13-10-15-7-8-16-13/h3-6,13,15-16H,2,7-10H2,1H3,(H,17,18). The molecule has 1 fully saturated rings. The Hall–Kier alpha value is -1.59. The molecule has 0 saturated carbocycles. The van der Waals surface area contributed by atoms with E-state index in [0.717, 1.165) is 30.9 Å². The van der Waals surface area contributed by atoms with Crippen LogP contribution in [0.1, 0.15) is 13.3 Å². The molecule has 1 aliphatic rings. The summed E-state index contributed by atoms with van der Waals surface area (Å²) in [4.78, 5) is 12.0. The second kappa shape index (κ2) is 7.11. The van der Waals surface area contributed by atoms with Gasteiger partial charge in [-0.2, -0.15) is 0 Å². The molecule has 1 heterocycles. The molecule has 1 aromatic carbocycles. The smallest absolute Gasteiger partial charge is 0.242 e. The molecule has 1 unspecified atom stereocenters. The molecule has 0 bridgehead atoms. The van der Waals surface area contributed by atoms with Crippen molar-refractivity contribution < 1.29 is 9.53 Å². The summed E-state index contributed by atoms with van der Waals surface area (Å²) in [5.41, 5.74) is 0.793. The lowest BCUT2D eigenvalue weighted by Gasteiger charge is -2.23. The predicted molar refractivity (Wildman–Crippen MR) is 75.5 cm³/mol. The SMILES string of the molecule is CCCOc1ccc(NC(=O)C2CNCCN2)cc1. The first-order chi connectivity index (χ1) is 9.29. The van der Waals surface area contributed by atoms with Crippen molar-refractivity contribution in [3.63, 3.8) is 0 Å². The maximum Gasteiger partial charge on any atom is 0.242 e. The summed E-state index contributed by atoms with van der Waals surface area (Å²) in [6.45, 7) is 5.18. The van der Waals surface area contributed by atoms with Crippen molar-refractivity contribution in [2.45, 2.75) is 19.4 Å². The molecule has 5 heteroatoms. The number of piperazine rings is 1. The van der Waals surface area contributed by atoms with Gasteiger partial charge in [-0.1, -0.05) is 6.92 Å². The lowest BCUT2D eigenvalue weighted by Crippen LogP contribution is -2.54. The number of carbonyl (C=O) groups is 1. The fourth-order valence-corrected chi connectivity index (χ4v) is 1.92. The molecule has 104 valence electrons. The Bertz CT molecular complexity index is 400. The predicted octanol–water partition coefficient (Wildman–Crippen LogP) is 0.975. The first kappa shape index (κ1) is 13.8. The molecule has 0 aromatic heterocycles. The zero-order valence-electron chi connectivity index (χ0n) is 11.2. The van der Waals surface area contributed by atoms with Gasteiger partial charge in [0.2, 0.25) is 5.91 Å². The molecule has 0 spiro atoms. The van der Waals surface area contributed by atoms with E-state index in [-0.39, 0.29) is 11.9 Å². The molecule has 0 aliphatic carbocycles. The lowest BCUT2D eigenvalue weighted by atomic mass is 10.2. The van der Waals surface area contributed by atoms with Crippen molar-refractivity contribution in [2.24, 2.45) is 0 Å². The fourth-order valence-electron chi connectivity index (χ4n) is 1.92. The highest BCUT2D eigenvalue weighted by molar-refractivity contribution is 5.95. The van der Waals surface area contributed by atoms with Crippen molar-refractivity contribution >= 4 is 11.6 Å². The van der Waals surface area contributed by atoms with E-state index in [1.54, 1.807) is 0 Å². The molecule has 0 radical (unpaired) electrons. The largest absolute Gasteiger partial charge is 0.494 e. The Morgan fingerprint density at radius 3 is 2.79 bits per heavy atom. The number of hydrogen-bond donors (Lipinski definition) is 3. The van der Waals surface area contributed by atoms with Gasteiger partial charge in [0.05, 0.1) is 12.6 Å². The molecule has 1 amide bonds. The van der Waals surface area contributed by atoms with Gasteiger partial charge in [-0.25, -0.2) is 0 Å². The van der Waals surface area contributed by atoms with Crippen LogP contribution in [-0.2, 0) is 4.79 Å². The monoisotopic (exact) mass is 263 g/mol. The van der Waals surface area contributed by atoms with Gasteiger partial charge in [-0.05, 0) is 30.7 Å². The van der Waals surface area contributed by atoms with E-state index < -0.39 is 0 Å². The topological polar surface area (TPSA) is 62.4 Å². The van der Waals surface area contributed by atoms with Crippen LogP contribution >= 0.6 is 0 Å². The van der Waals surface area contributed by atoms with Gasteiger partial charge in [0.15, 0.2) is 0 Å². The van der Waals surface area contributed by atoms with Crippen molar-refractivity contribution in [1.82, 2.24) is 10.6 Å². The van der Waals surface area contributed by atoms with Crippen molar-refractivity contribution in [2.75, 3.05) is 31.6 Å². The van der Waals surface area contributed by atoms with E-state index in [1.165, 1.54) is 0 Å². The minimum Gasteiger partial charge on any atom is -0.494 e. The summed E-state index contributed by atoms with van der Waals surface area (Å²) in [5.74, 6) is 0.826. The number of nitrogens with one attached hydrogen (secondary N) is 3. The molecule has 2 rings (SSSR count). The Balaban J connectivity index is 1.86. The molecule has 19 heavy (non-hydrogen) atoms. The third-order valence-electron chi connectivity index (χ3n) is 2.95. The van der Waals surface area contributed by atoms with Gasteiger partial charge in [0, 0.05) is 25.3 Å². The van der Waals surface area contributed by atoms with Crippen molar-refractivity contribution in [3.05, 3.63) is 24.3 Å². The highest BCUT2D eigenvalue weighted by Crippen LogP contribution is 2.16. The lowest BCUT2D eigenvalue weighted by molar-refractivity contribution is -0.118. The quantitative estimate of drug-likeness (QED) is 0.741. The van der Waals surface area contributed by atoms with Gasteiger partial charge in [-0.15, -0.1) is 0 Å². The Labute approximate surface area is 113 Å². The Morgan fingerprint density at radius 2 is 2.16 bits per heavy atom. The van der Waals surface area contributed by atoms with Gasteiger partial charge in [0.25, 0.3) is 0 Å². The van der Waals surface area contributed by atoms with Gasteiger partial charge in [-0.3, -0.25) is 4.79 Å². The zero-order chi connectivity index (χ0) is 13.5. The average molecular weight is 263 g/mol. The second-order valence-electron chi connectivity index (χ2n) is 4.57. The number of amides is 1. The first-order valence-corrected chi connectivity index (χ1v) is 6.77. The molecule has 5 nitrogen and oxygen atoms in total. The summed E-state index contributed by atoms with van der Waals surface area (Å²) in [7, 11) is 0. The van der Waals surface area contributed by atoms with E-state index in [2.05, 4.69) is 22.9 Å². The Morgan fingerprint density at radius 1 is 1.37 bits per heavy atom. The van der Waals surface area contributed by atoms with Crippen LogP contribution in [0.25, 0.3) is 0 Å². The highest BCUT2D eigenvalue weighted by atomic mass is 16.5. The van der Waals surface area contributed by atoms with Crippen LogP contribution in [-0.4, -0.2) is 38.2 Å². The number of carbonyl (C=O) groups excluding carboxylic acids is 1. The summed E-state index contributed by atoms with van der Waals surface area (Å²) < 4.78 is 5.50. The summed E-state index contributed by atoms with van der Waals surface area (Å²) in [5, 5.41) is 9.27. The van der Waals surface area contributed by atoms with E-state index >= 15 is 0 Å². The zero-order valence-corrected chi connectivity index (χ0v) is 11.2. The summed E-state index contributed by atoms with van der Waals surface area (Å²) in [6, 6.07) is 7.30. The van der Waals surface area contributed by atoms with E-state index in [0.29, 0.717) is 13.2 Å². The minimum atomic E-state index is -0.162. The third kappa shape index (κ3) is 4.22. The van der Waals surface area contributed by atoms with Crippen LogP contribution in [0.2, 0.25) is 0 Å². The summed E-state index contributed by atoms with van der Waals surface area (Å²) in [6.07, 6.45) is 0.985. The highest BCUT2D eigenvalue weighted by Gasteiger charge is 2.19. The number of hydrogen-bond acceptors (Lipinski definition) is 4. The van der Waals surface area contributed by atoms with Crippen LogP contribution in [0.5, 0.6) is 5.75 Å². The molecular weight excluding hydrogens is 242 g/mol. The summed E-state index contributed by atoms with van der Waals surface area (Å²) >= 11 is 0. The Kier molecular flexibility index (Phi) is 5.18.